The Morgan fingerprint density at radius 2 is 1.48 bits per heavy atom. The average Bonchev–Trinajstić information content (AvgIpc) is 2.36. The van der Waals surface area contributed by atoms with E-state index in [0.717, 1.165) is 32.1 Å². The van der Waals surface area contributed by atoms with Gasteiger partial charge < -0.3 is 0 Å². The van der Waals surface area contributed by atoms with Gasteiger partial charge in [-0.2, -0.15) is 0 Å². The first-order valence-corrected chi connectivity index (χ1v) is 12.5. The van der Waals surface area contributed by atoms with E-state index < -0.39 is 17.9 Å². The number of carbonyl (C=O) groups excluding carboxylic acids is 2. The van der Waals surface area contributed by atoms with Crippen LogP contribution in [-0.2, 0) is 27.5 Å². The molecule has 0 aromatic heterocycles. The monoisotopic (exact) mass is 359 g/mol. The molecule has 0 aromatic carbocycles. The fraction of sp³-hybridized carbons (Fsp3) is 0.889. The molecular weight excluding hydrogens is 324 g/mol. The molecule has 0 aromatic rings. The van der Waals surface area contributed by atoms with Gasteiger partial charge in [0.15, 0.2) is 0 Å². The van der Waals surface area contributed by atoms with Gasteiger partial charge in [0.25, 0.3) is 0 Å². The van der Waals surface area contributed by atoms with Gasteiger partial charge in [-0.3, -0.25) is 0 Å². The van der Waals surface area contributed by atoms with Crippen LogP contribution in [0.5, 0.6) is 0 Å². The van der Waals surface area contributed by atoms with Crippen molar-refractivity contribution >= 4 is 12.8 Å². The van der Waals surface area contributed by atoms with Crippen LogP contribution in [0.25, 0.3) is 0 Å². The van der Waals surface area contributed by atoms with Gasteiger partial charge in [0.1, 0.15) is 0 Å². The molecule has 133 valence electrons. The van der Waals surface area contributed by atoms with E-state index in [-0.39, 0.29) is 26.1 Å². The average molecular weight is 359 g/mol. The van der Waals surface area contributed by atoms with Crippen molar-refractivity contribution in [2.45, 2.75) is 81.1 Å². The van der Waals surface area contributed by atoms with Crippen LogP contribution in [0.1, 0.15) is 60.8 Å². The summed E-state index contributed by atoms with van der Waals surface area (Å²) in [7, 11) is 0. The van der Waals surface area contributed by atoms with Crippen LogP contribution in [0.4, 0.5) is 0 Å². The van der Waals surface area contributed by atoms with Gasteiger partial charge in [-0.1, -0.05) is 0 Å². The Hall–Kier alpha value is -0.346. The number of carbonyl (C=O) groups is 2. The molecule has 0 aliphatic heterocycles. The second-order valence-corrected chi connectivity index (χ2v) is 14.1. The maximum atomic E-state index is 11.4. The fourth-order valence-corrected chi connectivity index (χ4v) is 7.39. The van der Waals surface area contributed by atoms with Crippen molar-refractivity contribution < 1.29 is 27.5 Å². The normalized spacial score (nSPS) is 27.9. The molecule has 4 nitrogen and oxygen atoms in total. The van der Waals surface area contributed by atoms with Crippen molar-refractivity contribution in [1.82, 2.24) is 10.6 Å². The summed E-state index contributed by atoms with van der Waals surface area (Å²) in [6, 6.07) is 0.120. The Bertz CT molecular complexity index is 423. The minimum absolute atomic E-state index is 0.0409. The molecule has 1 saturated carbocycles. The Morgan fingerprint density at radius 1 is 0.957 bits per heavy atom. The first-order valence-electron chi connectivity index (χ1n) is 8.57. The molecule has 1 aliphatic rings. The Labute approximate surface area is 148 Å². The van der Waals surface area contributed by atoms with E-state index >= 15 is 0 Å². The molecule has 2 atom stereocenters. The third kappa shape index (κ3) is 3.84. The zero-order valence-electron chi connectivity index (χ0n) is 16.2. The third-order valence-corrected chi connectivity index (χ3v) is 10.1. The number of nitrogens with one attached hydrogen (secondary N) is 2. The molecule has 5 heteroatoms. The van der Waals surface area contributed by atoms with Gasteiger partial charge in [0.05, 0.1) is 0 Å². The molecule has 0 bridgehead atoms. The Morgan fingerprint density at radius 3 is 1.83 bits per heavy atom. The molecular formula is C18H35N2O2Ti. The summed E-state index contributed by atoms with van der Waals surface area (Å²) >= 11 is -1.49. The topological polar surface area (TPSA) is 58.2 Å². The van der Waals surface area contributed by atoms with Gasteiger partial charge in [-0.05, 0) is 0 Å². The molecule has 0 saturated heterocycles. The van der Waals surface area contributed by atoms with E-state index in [2.05, 4.69) is 62.6 Å². The number of rotatable bonds is 5. The van der Waals surface area contributed by atoms with Crippen LogP contribution in [0, 0.1) is 16.2 Å². The molecule has 1 aliphatic carbocycles. The van der Waals surface area contributed by atoms with Gasteiger partial charge >= 0.3 is 148 Å². The van der Waals surface area contributed by atoms with E-state index in [1.807, 2.05) is 0 Å². The number of amides is 2. The van der Waals surface area contributed by atoms with Gasteiger partial charge in [-0.25, -0.2) is 0 Å². The quantitative estimate of drug-likeness (QED) is 0.583. The van der Waals surface area contributed by atoms with Crippen LogP contribution in [-0.4, -0.2) is 22.7 Å². The summed E-state index contributed by atoms with van der Waals surface area (Å²) in [5.41, 5.74) is 0.204. The predicted molar refractivity (Wildman–Crippen MR) is 91.8 cm³/mol. The summed E-state index contributed by atoms with van der Waals surface area (Å²) in [5, 5.41) is 10.9. The second-order valence-electron chi connectivity index (χ2n) is 9.49. The molecule has 2 unspecified atom stereocenters. The summed E-state index contributed by atoms with van der Waals surface area (Å²) in [5.74, 6) is 0. The Balaban J connectivity index is 3.50. The van der Waals surface area contributed by atoms with E-state index in [9.17, 15) is 9.59 Å². The summed E-state index contributed by atoms with van der Waals surface area (Å²) < 4.78 is -0.124. The van der Waals surface area contributed by atoms with E-state index in [1.54, 1.807) is 0 Å². The van der Waals surface area contributed by atoms with Gasteiger partial charge in [0.2, 0.25) is 0 Å². The summed E-state index contributed by atoms with van der Waals surface area (Å²) in [4.78, 5) is 22.5. The van der Waals surface area contributed by atoms with E-state index in [0.29, 0.717) is 0 Å². The minimum atomic E-state index is -1.49. The zero-order valence-corrected chi connectivity index (χ0v) is 17.7. The second kappa shape index (κ2) is 6.88. The standard InChI is InChI=1S/C16H29N2O2.2CH3.Ti/c1-14(2,3)16(15(4,5)6)8-12(17-10-19)7-13(9-16)18-11-20;;;/h10-12H,7-9H2,1-6H3,(H,17,19)(H,18,20);2*1H3;. The van der Waals surface area contributed by atoms with Crippen molar-refractivity contribution in [3.8, 4) is 0 Å². The predicted octanol–water partition coefficient (Wildman–Crippen LogP) is 3.52. The van der Waals surface area contributed by atoms with Gasteiger partial charge in [0, 0.05) is 0 Å². The first-order chi connectivity index (χ1) is 10.4. The molecule has 1 fully saturated rings. The van der Waals surface area contributed by atoms with E-state index in [1.165, 1.54) is 0 Å². The van der Waals surface area contributed by atoms with Crippen molar-refractivity contribution in [1.29, 1.82) is 0 Å². The molecule has 0 radical (unpaired) electrons. The van der Waals surface area contributed by atoms with Crippen molar-refractivity contribution in [3.63, 3.8) is 0 Å². The fourth-order valence-electron chi connectivity index (χ4n) is 4.80. The van der Waals surface area contributed by atoms with Crippen molar-refractivity contribution in [3.05, 3.63) is 0 Å². The molecule has 0 heterocycles. The van der Waals surface area contributed by atoms with Crippen LogP contribution in [0.3, 0.4) is 0 Å². The van der Waals surface area contributed by atoms with Crippen LogP contribution in [0.2, 0.25) is 10.5 Å². The third-order valence-electron chi connectivity index (χ3n) is 6.26. The Kier molecular flexibility index (Phi) is 6.19. The first kappa shape index (κ1) is 20.7. The number of hydrogen-bond acceptors (Lipinski definition) is 2. The molecule has 23 heavy (non-hydrogen) atoms. The SMILES string of the molecule is [CH3][Ti]([CH3])[C]1(NC=O)CC(NC=O)CC(C(C)(C)C)(C(C)(C)C)C1. The van der Waals surface area contributed by atoms with Gasteiger partial charge in [-0.15, -0.1) is 0 Å². The number of hydrogen-bond donors (Lipinski definition) is 2. The molecule has 2 N–H and O–H groups in total. The summed E-state index contributed by atoms with van der Waals surface area (Å²) in [6.07, 6.45) is 4.53. The summed E-state index contributed by atoms with van der Waals surface area (Å²) in [6.45, 7) is 13.8. The van der Waals surface area contributed by atoms with E-state index in [4.69, 9.17) is 0 Å². The zero-order chi connectivity index (χ0) is 18.1. The van der Waals surface area contributed by atoms with Crippen LogP contribution >= 0.6 is 0 Å². The van der Waals surface area contributed by atoms with Crippen LogP contribution in [0.15, 0.2) is 0 Å². The van der Waals surface area contributed by atoms with Crippen molar-refractivity contribution in [2.75, 3.05) is 0 Å². The van der Waals surface area contributed by atoms with Crippen LogP contribution < -0.4 is 10.6 Å². The molecule has 1 rings (SSSR count). The molecule has 0 spiro atoms. The maximum absolute atomic E-state index is 11.4. The molecule has 2 amide bonds. The van der Waals surface area contributed by atoms with Crippen molar-refractivity contribution in [2.24, 2.45) is 16.2 Å².